The van der Waals surface area contributed by atoms with Crippen molar-refractivity contribution in [2.75, 3.05) is 39.4 Å². The van der Waals surface area contributed by atoms with Crippen LogP contribution < -0.4 is 0 Å². The highest BCUT2D eigenvalue weighted by atomic mass is 16.5. The van der Waals surface area contributed by atoms with E-state index in [2.05, 4.69) is 47.3 Å². The van der Waals surface area contributed by atoms with Gasteiger partial charge >= 0.3 is 0 Å². The van der Waals surface area contributed by atoms with Crippen LogP contribution in [0.2, 0.25) is 0 Å². The molecule has 3 heterocycles. The molecule has 1 amide bonds. The number of benzene rings is 1. The molecule has 150 valence electrons. The molecular weight excluding hydrogens is 354 g/mol. The SMILES string of the molecule is Cc1ccc(CN2CCC(n3cc(C(=O)N4CCOCC4)nn3)CC2)c(C)c1. The molecule has 0 radical (unpaired) electrons. The summed E-state index contributed by atoms with van der Waals surface area (Å²) >= 11 is 0. The Morgan fingerprint density at radius 3 is 2.61 bits per heavy atom. The number of carbonyl (C=O) groups excluding carboxylic acids is 1. The summed E-state index contributed by atoms with van der Waals surface area (Å²) in [5, 5.41) is 8.40. The van der Waals surface area contributed by atoms with Gasteiger partial charge in [-0.3, -0.25) is 9.69 Å². The maximum absolute atomic E-state index is 12.6. The Morgan fingerprint density at radius 2 is 1.89 bits per heavy atom. The minimum atomic E-state index is -0.0400. The van der Waals surface area contributed by atoms with Crippen molar-refractivity contribution in [3.8, 4) is 0 Å². The molecule has 0 atom stereocenters. The lowest BCUT2D eigenvalue weighted by Crippen LogP contribution is -2.40. The van der Waals surface area contributed by atoms with E-state index in [1.165, 1.54) is 16.7 Å². The second-order valence-corrected chi connectivity index (χ2v) is 7.93. The largest absolute Gasteiger partial charge is 0.378 e. The van der Waals surface area contributed by atoms with Crippen LogP contribution in [-0.4, -0.2) is 70.1 Å². The van der Waals surface area contributed by atoms with Crippen LogP contribution in [0.15, 0.2) is 24.4 Å². The van der Waals surface area contributed by atoms with Crippen LogP contribution in [0.4, 0.5) is 0 Å². The molecule has 1 aromatic carbocycles. The average Bonchev–Trinajstić information content (AvgIpc) is 3.21. The Kier molecular flexibility index (Phi) is 5.73. The molecule has 0 saturated carbocycles. The molecule has 1 aromatic heterocycles. The lowest BCUT2D eigenvalue weighted by Gasteiger charge is -2.32. The predicted molar refractivity (Wildman–Crippen MR) is 106 cm³/mol. The van der Waals surface area contributed by atoms with Gasteiger partial charge in [-0.1, -0.05) is 29.0 Å². The third kappa shape index (κ3) is 4.25. The molecule has 2 saturated heterocycles. The average molecular weight is 383 g/mol. The minimum absolute atomic E-state index is 0.0400. The van der Waals surface area contributed by atoms with E-state index in [1.807, 2.05) is 10.9 Å². The van der Waals surface area contributed by atoms with Gasteiger partial charge in [-0.2, -0.15) is 0 Å². The summed E-state index contributed by atoms with van der Waals surface area (Å²) < 4.78 is 7.20. The fourth-order valence-corrected chi connectivity index (χ4v) is 4.09. The summed E-state index contributed by atoms with van der Waals surface area (Å²) in [5.41, 5.74) is 4.53. The number of hydrogen-bond donors (Lipinski definition) is 0. The van der Waals surface area contributed by atoms with Gasteiger partial charge in [0.25, 0.3) is 5.91 Å². The first-order chi connectivity index (χ1) is 13.6. The molecule has 7 nitrogen and oxygen atoms in total. The number of amides is 1. The first-order valence-corrected chi connectivity index (χ1v) is 10.2. The van der Waals surface area contributed by atoms with E-state index < -0.39 is 0 Å². The van der Waals surface area contributed by atoms with Gasteiger partial charge in [0.2, 0.25) is 0 Å². The van der Waals surface area contributed by atoms with Gasteiger partial charge in [0.15, 0.2) is 5.69 Å². The van der Waals surface area contributed by atoms with Gasteiger partial charge in [-0.25, -0.2) is 4.68 Å². The first-order valence-electron chi connectivity index (χ1n) is 10.2. The fraction of sp³-hybridized carbons (Fsp3) is 0.571. The van der Waals surface area contributed by atoms with Crippen molar-refractivity contribution in [2.45, 2.75) is 39.3 Å². The van der Waals surface area contributed by atoms with Crippen LogP contribution in [-0.2, 0) is 11.3 Å². The van der Waals surface area contributed by atoms with Crippen molar-refractivity contribution in [1.82, 2.24) is 24.8 Å². The molecule has 2 aliphatic heterocycles. The van der Waals surface area contributed by atoms with Crippen LogP contribution in [0.5, 0.6) is 0 Å². The highest BCUT2D eigenvalue weighted by Gasteiger charge is 2.25. The second kappa shape index (κ2) is 8.41. The smallest absolute Gasteiger partial charge is 0.276 e. The van der Waals surface area contributed by atoms with Crippen LogP contribution in [0.3, 0.4) is 0 Å². The Bertz CT molecular complexity index is 820. The van der Waals surface area contributed by atoms with Crippen LogP contribution in [0.1, 0.15) is 46.1 Å². The molecule has 2 aromatic rings. The van der Waals surface area contributed by atoms with Crippen molar-refractivity contribution >= 4 is 5.91 Å². The van der Waals surface area contributed by atoms with Crippen molar-refractivity contribution in [3.05, 3.63) is 46.8 Å². The van der Waals surface area contributed by atoms with Gasteiger partial charge in [0.05, 0.1) is 25.5 Å². The zero-order valence-electron chi connectivity index (χ0n) is 16.8. The van der Waals surface area contributed by atoms with Crippen molar-refractivity contribution in [3.63, 3.8) is 0 Å². The number of carbonyl (C=O) groups is 1. The Morgan fingerprint density at radius 1 is 1.14 bits per heavy atom. The molecule has 0 unspecified atom stereocenters. The second-order valence-electron chi connectivity index (χ2n) is 7.93. The fourth-order valence-electron chi connectivity index (χ4n) is 4.09. The zero-order valence-corrected chi connectivity index (χ0v) is 16.8. The highest BCUT2D eigenvalue weighted by molar-refractivity contribution is 5.92. The van der Waals surface area contributed by atoms with Crippen molar-refractivity contribution in [2.24, 2.45) is 0 Å². The number of rotatable bonds is 4. The van der Waals surface area contributed by atoms with E-state index in [9.17, 15) is 4.79 Å². The maximum Gasteiger partial charge on any atom is 0.276 e. The number of nitrogens with zero attached hydrogens (tertiary/aromatic N) is 5. The Labute approximate surface area is 166 Å². The highest BCUT2D eigenvalue weighted by Crippen LogP contribution is 2.24. The van der Waals surface area contributed by atoms with E-state index in [1.54, 1.807) is 4.90 Å². The summed E-state index contributed by atoms with van der Waals surface area (Å²) in [6, 6.07) is 7.01. The van der Waals surface area contributed by atoms with Gasteiger partial charge in [-0.05, 0) is 37.8 Å². The van der Waals surface area contributed by atoms with Crippen molar-refractivity contribution in [1.29, 1.82) is 0 Å². The topological polar surface area (TPSA) is 63.5 Å². The lowest BCUT2D eigenvalue weighted by atomic mass is 10.0. The molecule has 0 spiro atoms. The number of hydrogen-bond acceptors (Lipinski definition) is 5. The third-order valence-corrected chi connectivity index (χ3v) is 5.85. The zero-order chi connectivity index (χ0) is 19.5. The third-order valence-electron chi connectivity index (χ3n) is 5.85. The number of aromatic nitrogens is 3. The first kappa shape index (κ1) is 19.1. The van der Waals surface area contributed by atoms with E-state index in [0.717, 1.165) is 32.5 Å². The van der Waals surface area contributed by atoms with Crippen LogP contribution >= 0.6 is 0 Å². The van der Waals surface area contributed by atoms with E-state index in [4.69, 9.17) is 4.74 Å². The molecule has 7 heteroatoms. The Balaban J connectivity index is 1.32. The minimum Gasteiger partial charge on any atom is -0.378 e. The molecule has 2 aliphatic rings. The van der Waals surface area contributed by atoms with Gasteiger partial charge in [0.1, 0.15) is 0 Å². The molecule has 0 bridgehead atoms. The quantitative estimate of drug-likeness (QED) is 0.810. The van der Waals surface area contributed by atoms with E-state index in [0.29, 0.717) is 38.0 Å². The molecular formula is C21H29N5O2. The molecule has 4 rings (SSSR count). The normalized spacial score (nSPS) is 19.1. The molecule has 0 N–H and O–H groups in total. The summed E-state index contributed by atoms with van der Waals surface area (Å²) in [6.45, 7) is 9.84. The van der Waals surface area contributed by atoms with Gasteiger partial charge in [0, 0.05) is 32.7 Å². The standard InChI is InChI=1S/C21H29N5O2/c1-16-3-4-18(17(2)13-16)14-24-7-5-19(6-8-24)26-15-20(22-23-26)21(27)25-9-11-28-12-10-25/h3-4,13,15,19H,5-12,14H2,1-2H3. The van der Waals surface area contributed by atoms with E-state index in [-0.39, 0.29) is 5.91 Å². The summed E-state index contributed by atoms with van der Waals surface area (Å²) in [5.74, 6) is -0.0400. The molecule has 0 aliphatic carbocycles. The number of aryl methyl sites for hydroxylation is 2. The van der Waals surface area contributed by atoms with Crippen LogP contribution in [0, 0.1) is 13.8 Å². The molecule has 2 fully saturated rings. The van der Waals surface area contributed by atoms with Crippen molar-refractivity contribution < 1.29 is 9.53 Å². The summed E-state index contributed by atoms with van der Waals surface area (Å²) in [4.78, 5) is 16.9. The maximum atomic E-state index is 12.6. The monoisotopic (exact) mass is 383 g/mol. The number of morpholine rings is 1. The van der Waals surface area contributed by atoms with Gasteiger partial charge in [-0.15, -0.1) is 5.10 Å². The number of likely N-dealkylation sites (tertiary alicyclic amines) is 1. The Hall–Kier alpha value is -2.25. The summed E-state index contributed by atoms with van der Waals surface area (Å²) in [7, 11) is 0. The number of piperidine rings is 1. The van der Waals surface area contributed by atoms with Gasteiger partial charge < -0.3 is 9.64 Å². The summed E-state index contributed by atoms with van der Waals surface area (Å²) in [6.07, 6.45) is 3.88. The van der Waals surface area contributed by atoms with E-state index >= 15 is 0 Å². The van der Waals surface area contributed by atoms with Crippen LogP contribution in [0.25, 0.3) is 0 Å². The lowest BCUT2D eigenvalue weighted by molar-refractivity contribution is 0.0299. The predicted octanol–water partition coefficient (Wildman–Crippen LogP) is 2.20. The molecule has 28 heavy (non-hydrogen) atoms. The number of ether oxygens (including phenoxy) is 1.